The van der Waals surface area contributed by atoms with Gasteiger partial charge in [-0.25, -0.2) is 0 Å². The minimum atomic E-state index is -3.87. The summed E-state index contributed by atoms with van der Waals surface area (Å²) in [6, 6.07) is 0. The first-order chi connectivity index (χ1) is 17.0. The van der Waals surface area contributed by atoms with Crippen molar-refractivity contribution in [3.63, 3.8) is 0 Å². The Balaban J connectivity index is 6.23. The number of rotatable bonds is 25. The van der Waals surface area contributed by atoms with Crippen LogP contribution in [0.2, 0.25) is 0 Å². The van der Waals surface area contributed by atoms with Gasteiger partial charge in [-0.15, -0.1) is 0 Å². The van der Waals surface area contributed by atoms with Gasteiger partial charge in [0.25, 0.3) is 20.2 Å². The fourth-order valence-corrected chi connectivity index (χ4v) is 4.21. The van der Waals surface area contributed by atoms with Gasteiger partial charge in [0.05, 0.1) is 25.7 Å². The second-order valence-corrected chi connectivity index (χ2v) is 12.1. The first-order valence-electron chi connectivity index (χ1n) is 13.1. The molecule has 0 heterocycles. The molecule has 0 aliphatic carbocycles. The van der Waals surface area contributed by atoms with E-state index in [0.29, 0.717) is 26.4 Å². The Morgan fingerprint density at radius 2 is 1.00 bits per heavy atom. The fourth-order valence-electron chi connectivity index (χ4n) is 3.21. The van der Waals surface area contributed by atoms with E-state index in [4.69, 9.17) is 27.3 Å². The summed E-state index contributed by atoms with van der Waals surface area (Å²) in [4.78, 5) is 0. The van der Waals surface area contributed by atoms with Gasteiger partial charge >= 0.3 is 0 Å². The largest absolute Gasteiger partial charge is 0.379 e. The third-order valence-corrected chi connectivity index (χ3v) is 6.33. The average molecular weight is 563 g/mol. The van der Waals surface area contributed by atoms with Gasteiger partial charge in [-0.2, -0.15) is 16.8 Å². The third kappa shape index (κ3) is 18.8. The lowest BCUT2D eigenvalue weighted by Gasteiger charge is -2.37. The molecule has 36 heavy (non-hydrogen) atoms. The van der Waals surface area contributed by atoms with Gasteiger partial charge in [0.2, 0.25) is 0 Å². The van der Waals surface area contributed by atoms with Crippen LogP contribution < -0.4 is 0 Å². The van der Waals surface area contributed by atoms with Gasteiger partial charge < -0.3 is 18.9 Å². The van der Waals surface area contributed by atoms with Crippen LogP contribution in [0, 0.1) is 0 Å². The van der Waals surface area contributed by atoms with Gasteiger partial charge in [-0.05, 0) is 25.7 Å². The molecule has 218 valence electrons. The van der Waals surface area contributed by atoms with Crippen molar-refractivity contribution in [2.24, 2.45) is 0 Å². The molecule has 12 heteroatoms. The Kier molecular flexibility index (Phi) is 20.4. The molecule has 0 aromatic carbocycles. The van der Waals surface area contributed by atoms with Crippen LogP contribution in [-0.2, 0) is 47.5 Å². The standard InChI is InChI=1S/C24H50O10S2/c1-7-11-15-29-19-22(34-36(6,27)28)24(32-18-14-10-4)23(31-17-13-9-3)21(30-16-12-8-2)20-33-35(5,25)26/h21-24H,7-20H2,1-6H3/t21-,22+,23+,24-/m0/s1. The zero-order valence-corrected chi connectivity index (χ0v) is 24.7. The summed E-state index contributed by atoms with van der Waals surface area (Å²) in [7, 11) is -7.62. The second-order valence-electron chi connectivity index (χ2n) is 8.90. The number of ether oxygens (including phenoxy) is 4. The van der Waals surface area contributed by atoms with E-state index in [-0.39, 0.29) is 13.2 Å². The number of unbranched alkanes of at least 4 members (excludes halogenated alkanes) is 4. The fraction of sp³-hybridized carbons (Fsp3) is 1.00. The first-order valence-corrected chi connectivity index (χ1v) is 16.8. The number of hydrogen-bond acceptors (Lipinski definition) is 10. The maximum atomic E-state index is 12.2. The predicted octanol–water partition coefficient (Wildman–Crippen LogP) is 3.68. The lowest BCUT2D eigenvalue weighted by molar-refractivity contribution is -0.177. The molecule has 0 aliphatic heterocycles. The Morgan fingerprint density at radius 3 is 1.44 bits per heavy atom. The van der Waals surface area contributed by atoms with Gasteiger partial charge in [0, 0.05) is 26.4 Å². The van der Waals surface area contributed by atoms with E-state index in [1.165, 1.54) is 0 Å². The molecule has 0 spiro atoms. The zero-order chi connectivity index (χ0) is 27.5. The van der Waals surface area contributed by atoms with Crippen molar-refractivity contribution in [3.05, 3.63) is 0 Å². The Hall–Kier alpha value is -0.340. The highest BCUT2D eigenvalue weighted by Gasteiger charge is 2.40. The summed E-state index contributed by atoms with van der Waals surface area (Å²) >= 11 is 0. The van der Waals surface area contributed by atoms with Crippen LogP contribution in [0.15, 0.2) is 0 Å². The van der Waals surface area contributed by atoms with Crippen LogP contribution >= 0.6 is 0 Å². The van der Waals surface area contributed by atoms with E-state index in [0.717, 1.165) is 63.9 Å². The van der Waals surface area contributed by atoms with E-state index < -0.39 is 44.7 Å². The highest BCUT2D eigenvalue weighted by atomic mass is 32.2. The molecule has 0 radical (unpaired) electrons. The monoisotopic (exact) mass is 562 g/mol. The molecule has 0 N–H and O–H groups in total. The quantitative estimate of drug-likeness (QED) is 0.120. The minimum absolute atomic E-state index is 0.0356. The van der Waals surface area contributed by atoms with Crippen LogP contribution in [-0.4, -0.2) is 93.4 Å². The molecule has 0 saturated carbocycles. The molecule has 0 aliphatic rings. The summed E-state index contributed by atoms with van der Waals surface area (Å²) in [5.74, 6) is 0. The normalized spacial score (nSPS) is 16.1. The van der Waals surface area contributed by atoms with Crippen LogP contribution in [0.25, 0.3) is 0 Å². The maximum Gasteiger partial charge on any atom is 0.264 e. The topological polar surface area (TPSA) is 124 Å². The molecular formula is C24H50O10S2. The van der Waals surface area contributed by atoms with Crippen molar-refractivity contribution in [1.82, 2.24) is 0 Å². The van der Waals surface area contributed by atoms with Crippen molar-refractivity contribution in [2.45, 2.75) is 103 Å². The van der Waals surface area contributed by atoms with E-state index in [1.807, 2.05) is 27.7 Å². The van der Waals surface area contributed by atoms with Crippen molar-refractivity contribution < 1.29 is 44.1 Å². The van der Waals surface area contributed by atoms with Crippen molar-refractivity contribution in [1.29, 1.82) is 0 Å². The van der Waals surface area contributed by atoms with Gasteiger partial charge in [0.1, 0.15) is 24.4 Å². The molecule has 0 fully saturated rings. The molecule has 10 nitrogen and oxygen atoms in total. The summed E-state index contributed by atoms with van der Waals surface area (Å²) in [5.41, 5.74) is 0. The Morgan fingerprint density at radius 1 is 0.556 bits per heavy atom. The minimum Gasteiger partial charge on any atom is -0.379 e. The van der Waals surface area contributed by atoms with E-state index >= 15 is 0 Å². The highest BCUT2D eigenvalue weighted by Crippen LogP contribution is 2.22. The van der Waals surface area contributed by atoms with Crippen LogP contribution in [0.4, 0.5) is 0 Å². The summed E-state index contributed by atoms with van der Waals surface area (Å²) in [5, 5.41) is 0. The van der Waals surface area contributed by atoms with Crippen LogP contribution in [0.3, 0.4) is 0 Å². The average Bonchev–Trinajstić information content (AvgIpc) is 2.78. The van der Waals surface area contributed by atoms with Gasteiger partial charge in [-0.1, -0.05) is 53.4 Å². The first kappa shape index (κ1) is 35.7. The zero-order valence-electron chi connectivity index (χ0n) is 23.1. The lowest BCUT2D eigenvalue weighted by Crippen LogP contribution is -2.53. The molecule has 0 aromatic rings. The molecule has 0 unspecified atom stereocenters. The maximum absolute atomic E-state index is 12.2. The molecule has 0 amide bonds. The highest BCUT2D eigenvalue weighted by molar-refractivity contribution is 7.86. The summed E-state index contributed by atoms with van der Waals surface area (Å²) < 4.78 is 82.6. The van der Waals surface area contributed by atoms with E-state index in [1.54, 1.807) is 0 Å². The lowest BCUT2D eigenvalue weighted by atomic mass is 10.0. The summed E-state index contributed by atoms with van der Waals surface area (Å²) in [6.07, 6.45) is 4.93. The Labute approximate surface area is 219 Å². The third-order valence-electron chi connectivity index (χ3n) is 5.17. The van der Waals surface area contributed by atoms with Crippen molar-refractivity contribution in [2.75, 3.05) is 52.2 Å². The van der Waals surface area contributed by atoms with Crippen LogP contribution in [0.1, 0.15) is 79.1 Å². The molecule has 0 saturated heterocycles. The van der Waals surface area contributed by atoms with Crippen molar-refractivity contribution in [3.8, 4) is 0 Å². The van der Waals surface area contributed by atoms with Gasteiger partial charge in [0.15, 0.2) is 0 Å². The molecule has 0 rings (SSSR count). The second kappa shape index (κ2) is 20.6. The van der Waals surface area contributed by atoms with E-state index in [2.05, 4.69) is 0 Å². The van der Waals surface area contributed by atoms with E-state index in [9.17, 15) is 16.8 Å². The smallest absolute Gasteiger partial charge is 0.264 e. The molecule has 4 atom stereocenters. The van der Waals surface area contributed by atoms with Crippen LogP contribution in [0.5, 0.6) is 0 Å². The molecule has 0 bridgehead atoms. The SMILES string of the molecule is CCCCOC[C@@H](OS(C)(=O)=O)[C@H](OCCCC)[C@H](OCCCC)[C@H](COS(C)(=O)=O)OCCCC. The van der Waals surface area contributed by atoms with Gasteiger partial charge in [-0.3, -0.25) is 8.37 Å². The predicted molar refractivity (Wildman–Crippen MR) is 140 cm³/mol. The summed E-state index contributed by atoms with van der Waals surface area (Å²) in [6.45, 7) is 9.23. The molecule has 0 aromatic heterocycles. The van der Waals surface area contributed by atoms with Crippen molar-refractivity contribution >= 4 is 20.2 Å². The Bertz CT molecular complexity index is 727. The number of hydrogen-bond donors (Lipinski definition) is 0. The molecular weight excluding hydrogens is 512 g/mol.